The Kier molecular flexibility index (Phi) is 18.2. The van der Waals surface area contributed by atoms with Crippen LogP contribution in [0.1, 0.15) is 83.3 Å². The van der Waals surface area contributed by atoms with E-state index in [0.29, 0.717) is 27.9 Å². The summed E-state index contributed by atoms with van der Waals surface area (Å²) in [6, 6.07) is 134. The van der Waals surface area contributed by atoms with Gasteiger partial charge in [-0.2, -0.15) is 10.5 Å². The van der Waals surface area contributed by atoms with Crippen LogP contribution in [-0.4, -0.2) is 38.3 Å². The Bertz CT molecular complexity index is 7230. The molecule has 10 nitrogen and oxygen atoms in total. The lowest BCUT2D eigenvalue weighted by atomic mass is 9.64. The molecule has 2 spiro atoms. The van der Waals surface area contributed by atoms with Crippen LogP contribution < -0.4 is 14.9 Å². The van der Waals surface area contributed by atoms with E-state index < -0.39 is 29.2 Å². The van der Waals surface area contributed by atoms with Gasteiger partial charge in [0, 0.05) is 56.1 Å². The van der Waals surface area contributed by atoms with Crippen molar-refractivity contribution in [3.8, 4) is 136 Å². The number of ether oxygens (including phenoxy) is 2. The first-order valence-corrected chi connectivity index (χ1v) is 41.3. The number of aromatic nitrogens is 4. The van der Waals surface area contributed by atoms with Crippen LogP contribution in [0.25, 0.3) is 123 Å². The summed E-state index contributed by atoms with van der Waals surface area (Å²) in [4.78, 5) is 19.6. The number of hydrogen-bond acceptors (Lipinski definition) is 10. The van der Waals surface area contributed by atoms with Crippen molar-refractivity contribution in [2.45, 2.75) is 49.7 Å². The van der Waals surface area contributed by atoms with Crippen molar-refractivity contribution >= 4 is 45.7 Å². The first kappa shape index (κ1) is 74.6. The molecule has 578 valence electrons. The molecule has 122 heavy (non-hydrogen) atoms. The van der Waals surface area contributed by atoms with E-state index in [1.165, 1.54) is 49.9 Å². The van der Waals surface area contributed by atoms with E-state index in [4.69, 9.17) is 45.3 Å². The van der Waals surface area contributed by atoms with Gasteiger partial charge in [0.1, 0.15) is 28.2 Å². The van der Waals surface area contributed by atoms with Crippen molar-refractivity contribution in [1.82, 2.24) is 19.9 Å². The Labute approximate surface area is 713 Å². The van der Waals surface area contributed by atoms with Crippen LogP contribution >= 0.6 is 11.6 Å². The van der Waals surface area contributed by atoms with Gasteiger partial charge in [-0.25, -0.2) is 19.9 Å². The molecule has 18 aromatic rings. The number of hydrogen-bond donors (Lipinski definition) is 0. The molecule has 12 heteroatoms. The molecule has 0 radical (unpaired) electrons. The van der Waals surface area contributed by atoms with Gasteiger partial charge in [0.2, 0.25) is 0 Å². The maximum atomic E-state index is 9.49. The summed E-state index contributed by atoms with van der Waals surface area (Å²) >= 11 is 6.25. The van der Waals surface area contributed by atoms with E-state index in [-0.39, 0.29) is 0 Å². The SMILES string of the molecule is CC1(C)OB(c2ccc3c(c2)C2(c4cc(-c5ccc(C#N)cc5)ccc4O3)c3ccccc3-c3ccccc32)OC1(C)C.Clc1cc(-c2cccc3ccccc23)nc(-c2ccccc2)n1.N#Cc1ccc(-c2ccc3c(c2)C2(c4cc(-c5cc(-c6cccc7ccccc67)nc(-c6ccccc6)n5)ccc4O3)c3ccccc3-c3ccccc32)cc1. The van der Waals surface area contributed by atoms with Crippen molar-refractivity contribution in [1.29, 1.82) is 10.5 Å². The molecule has 0 unspecified atom stereocenters. The number of rotatable bonds is 8. The molecule has 1 saturated heterocycles. The van der Waals surface area contributed by atoms with E-state index in [9.17, 15) is 10.5 Å². The minimum atomic E-state index is -0.678. The van der Waals surface area contributed by atoms with Gasteiger partial charge in [0.05, 0.1) is 62.4 Å². The van der Waals surface area contributed by atoms with E-state index in [1.807, 2.05) is 121 Å². The van der Waals surface area contributed by atoms with Crippen LogP contribution in [-0.2, 0) is 20.1 Å². The fraction of sp³-hybridized carbons (Fsp3) is 0.0727. The third kappa shape index (κ3) is 12.5. The highest BCUT2D eigenvalue weighted by Crippen LogP contribution is 2.65. The molecule has 2 aliphatic carbocycles. The van der Waals surface area contributed by atoms with E-state index in [1.54, 1.807) is 0 Å². The summed E-state index contributed by atoms with van der Waals surface area (Å²) in [5.74, 6) is 4.60. The van der Waals surface area contributed by atoms with Crippen molar-refractivity contribution < 1.29 is 18.8 Å². The van der Waals surface area contributed by atoms with Crippen LogP contribution in [0, 0.1) is 22.7 Å². The quantitative estimate of drug-likeness (QED) is 0.107. The summed E-state index contributed by atoms with van der Waals surface area (Å²) in [6.45, 7) is 8.33. The zero-order valence-electron chi connectivity index (χ0n) is 67.1. The molecule has 1 fully saturated rings. The molecule has 23 rings (SSSR count). The second kappa shape index (κ2) is 29.8. The van der Waals surface area contributed by atoms with E-state index in [0.717, 1.165) is 134 Å². The standard InChI is InChI=1S/C52H31N3O.C38H30BNO3.C20H13ClN2/c53-32-33-21-23-34(24-22-33)37-25-27-49-45(29-37)52(43-19-8-6-16-40(43)41-17-7-9-20-44(41)52)46-30-38(26-28-50(46)56-49)47-31-48(55-51(54-47)36-12-2-1-3-13-36)42-18-10-14-35-11-4-5-15-39(35)42;1-36(2)37(3,4)43-39(42-36)27-18-20-35-33(22-27)38(30-11-7-5-9-28(30)29-10-6-8-12-31(29)38)32-21-26(17-19-34(32)41-35)25-15-13-24(23-40)14-16-25;21-19-13-18(22-20(23-19)15-8-2-1-3-9-15)17-12-6-10-14-7-4-5-11-16(14)17/h1-31H;5-22H,1-4H3;1-13H. The summed E-state index contributed by atoms with van der Waals surface area (Å²) in [5.41, 5.74) is 25.8. The third-order valence-electron chi connectivity index (χ3n) is 25.0. The highest BCUT2D eigenvalue weighted by molar-refractivity contribution is 6.62. The Morgan fingerprint density at radius 1 is 0.279 bits per heavy atom. The number of nitriles is 2. The van der Waals surface area contributed by atoms with Crippen LogP contribution in [0.3, 0.4) is 0 Å². The smallest absolute Gasteiger partial charge is 0.457 e. The summed E-state index contributed by atoms with van der Waals surface area (Å²) in [5, 5.41) is 23.9. The fourth-order valence-electron chi connectivity index (χ4n) is 18.6. The molecule has 16 aromatic carbocycles. The molecule has 0 amide bonds. The average molecular weight is 1590 g/mol. The third-order valence-corrected chi connectivity index (χ3v) is 25.2. The predicted molar refractivity (Wildman–Crippen MR) is 488 cm³/mol. The Morgan fingerprint density at radius 3 is 1.06 bits per heavy atom. The van der Waals surface area contributed by atoms with Gasteiger partial charge < -0.3 is 18.8 Å². The van der Waals surface area contributed by atoms with Crippen molar-refractivity contribution in [3.05, 3.63) is 437 Å². The lowest BCUT2D eigenvalue weighted by Crippen LogP contribution is -2.41. The second-order valence-corrected chi connectivity index (χ2v) is 32.8. The molecular formula is C110H74BClN6O4. The van der Waals surface area contributed by atoms with E-state index in [2.05, 4.69) is 300 Å². The molecule has 2 aromatic heterocycles. The Balaban J connectivity index is 0.000000122. The minimum absolute atomic E-state index is 0.446. The van der Waals surface area contributed by atoms with Gasteiger partial charge in [0.15, 0.2) is 11.6 Å². The topological polar surface area (TPSA) is 136 Å². The van der Waals surface area contributed by atoms with E-state index >= 15 is 0 Å². The van der Waals surface area contributed by atoms with Gasteiger partial charge in [-0.15, -0.1) is 0 Å². The van der Waals surface area contributed by atoms with Crippen molar-refractivity contribution in [3.63, 3.8) is 0 Å². The Hall–Kier alpha value is -14.9. The normalized spacial score (nSPS) is 14.2. The number of nitrogens with zero attached hydrogens (tertiary/aromatic N) is 6. The summed E-state index contributed by atoms with van der Waals surface area (Å²) < 4.78 is 26.6. The second-order valence-electron chi connectivity index (χ2n) is 32.4. The predicted octanol–water partition coefficient (Wildman–Crippen LogP) is 26.2. The average Bonchev–Trinajstić information content (AvgIpc) is 1.51. The van der Waals surface area contributed by atoms with Gasteiger partial charge in [-0.05, 0) is 200 Å². The van der Waals surface area contributed by atoms with Crippen molar-refractivity contribution in [2.24, 2.45) is 0 Å². The first-order valence-electron chi connectivity index (χ1n) is 40.9. The zero-order chi connectivity index (χ0) is 82.4. The zero-order valence-corrected chi connectivity index (χ0v) is 67.8. The fourth-order valence-corrected chi connectivity index (χ4v) is 18.7. The van der Waals surface area contributed by atoms with Crippen molar-refractivity contribution in [2.75, 3.05) is 0 Å². The lowest BCUT2D eigenvalue weighted by Gasteiger charge is -2.40. The number of halogens is 1. The van der Waals surface area contributed by atoms with Gasteiger partial charge in [0.25, 0.3) is 0 Å². The van der Waals surface area contributed by atoms with Crippen LogP contribution in [0.2, 0.25) is 5.15 Å². The molecule has 0 N–H and O–H groups in total. The highest BCUT2D eigenvalue weighted by Gasteiger charge is 2.56. The summed E-state index contributed by atoms with van der Waals surface area (Å²) in [7, 11) is -0.495. The molecule has 0 atom stereocenters. The summed E-state index contributed by atoms with van der Waals surface area (Å²) in [6.07, 6.45) is 0. The highest BCUT2D eigenvalue weighted by atomic mass is 35.5. The molecule has 0 saturated carbocycles. The number of fused-ring (bicyclic) bond motifs is 20. The van der Waals surface area contributed by atoms with Gasteiger partial charge in [-0.3, -0.25) is 0 Å². The number of benzene rings is 16. The van der Waals surface area contributed by atoms with Crippen LogP contribution in [0.15, 0.2) is 376 Å². The minimum Gasteiger partial charge on any atom is -0.457 e. The Morgan fingerprint density at radius 2 is 0.615 bits per heavy atom. The molecule has 5 aliphatic rings. The maximum Gasteiger partial charge on any atom is 0.494 e. The van der Waals surface area contributed by atoms with Crippen LogP contribution in [0.4, 0.5) is 0 Å². The molecular weight excluding hydrogens is 1520 g/mol. The largest absolute Gasteiger partial charge is 0.494 e. The van der Waals surface area contributed by atoms with Gasteiger partial charge >= 0.3 is 7.12 Å². The first-order chi connectivity index (χ1) is 59.7. The lowest BCUT2D eigenvalue weighted by molar-refractivity contribution is 0.00578. The molecule has 5 heterocycles. The molecule has 3 aliphatic heterocycles. The maximum absolute atomic E-state index is 9.49. The van der Waals surface area contributed by atoms with Crippen LogP contribution in [0.5, 0.6) is 23.0 Å². The van der Waals surface area contributed by atoms with Gasteiger partial charge in [-0.1, -0.05) is 303 Å². The monoisotopic (exact) mass is 1590 g/mol. The molecule has 0 bridgehead atoms.